The van der Waals surface area contributed by atoms with Gasteiger partial charge in [0.2, 0.25) is 5.91 Å². The van der Waals surface area contributed by atoms with Gasteiger partial charge in [0.25, 0.3) is 0 Å². The average molecular weight is 489 g/mol. The topological polar surface area (TPSA) is 94.1 Å². The smallest absolute Gasteiger partial charge is 0.318 e. The number of morpholine rings is 1. The van der Waals surface area contributed by atoms with E-state index in [1.807, 2.05) is 4.90 Å². The number of aliphatic hydroxyl groups excluding tert-OH is 1. The van der Waals surface area contributed by atoms with E-state index in [1.165, 1.54) is 12.5 Å². The number of anilines is 1. The first-order chi connectivity index (χ1) is 16.9. The molecular formula is C26H37FN4O4. The van der Waals surface area contributed by atoms with Crippen LogP contribution in [0, 0.1) is 11.7 Å². The molecule has 4 aliphatic rings. The van der Waals surface area contributed by atoms with Crippen molar-refractivity contribution in [1.82, 2.24) is 15.5 Å². The van der Waals surface area contributed by atoms with Gasteiger partial charge in [-0.2, -0.15) is 0 Å². The van der Waals surface area contributed by atoms with Gasteiger partial charge in [0.15, 0.2) is 0 Å². The van der Waals surface area contributed by atoms with Crippen LogP contribution in [0.4, 0.5) is 14.9 Å². The fourth-order valence-corrected chi connectivity index (χ4v) is 6.00. The number of nitrogens with one attached hydrogen (secondary N) is 2. The lowest BCUT2D eigenvalue weighted by Gasteiger charge is -2.32. The molecule has 5 rings (SSSR count). The van der Waals surface area contributed by atoms with Crippen molar-refractivity contribution in [3.8, 4) is 0 Å². The molecule has 1 spiro atoms. The van der Waals surface area contributed by atoms with Gasteiger partial charge in [-0.1, -0.05) is 32.1 Å². The first kappa shape index (κ1) is 24.3. The standard InChI is InChI=1S/C26H37FN4O4/c27-19-6-7-22-20(15-19)26(8-9-26)17-31(22)16-23(32)29-24(33)21(14-18-4-2-1-3-5-18)28-25(34)30-10-12-35-13-11-30/h6-7,15,18,21,23,32H,1-5,8-14,16-17H2,(H,28,34)(H,29,33). The third kappa shape index (κ3) is 5.56. The molecule has 3 N–H and O–H groups in total. The quantitative estimate of drug-likeness (QED) is 0.513. The average Bonchev–Trinajstić information content (AvgIpc) is 3.58. The van der Waals surface area contributed by atoms with Gasteiger partial charge in [0, 0.05) is 30.7 Å². The van der Waals surface area contributed by atoms with Crippen LogP contribution in [-0.2, 0) is 14.9 Å². The van der Waals surface area contributed by atoms with Crippen molar-refractivity contribution < 1.29 is 23.8 Å². The van der Waals surface area contributed by atoms with E-state index in [-0.39, 0.29) is 29.7 Å². The largest absolute Gasteiger partial charge is 0.378 e. The van der Waals surface area contributed by atoms with Crippen molar-refractivity contribution in [1.29, 1.82) is 0 Å². The summed E-state index contributed by atoms with van der Waals surface area (Å²) in [6.07, 6.45) is 7.14. The Bertz CT molecular complexity index is 928. The summed E-state index contributed by atoms with van der Waals surface area (Å²) < 4.78 is 19.2. The number of ether oxygens (including phenoxy) is 1. The summed E-state index contributed by atoms with van der Waals surface area (Å²) in [6, 6.07) is 3.86. The number of aliphatic hydroxyl groups is 1. The van der Waals surface area contributed by atoms with Crippen molar-refractivity contribution in [2.75, 3.05) is 44.3 Å². The Morgan fingerprint density at radius 2 is 1.89 bits per heavy atom. The summed E-state index contributed by atoms with van der Waals surface area (Å²) >= 11 is 0. The van der Waals surface area contributed by atoms with E-state index >= 15 is 0 Å². The molecule has 9 heteroatoms. The van der Waals surface area contributed by atoms with Crippen LogP contribution >= 0.6 is 0 Å². The molecule has 0 bridgehead atoms. The number of benzene rings is 1. The molecule has 2 aliphatic carbocycles. The number of carbonyl (C=O) groups excluding carboxylic acids is 2. The number of fused-ring (bicyclic) bond motifs is 2. The fourth-order valence-electron chi connectivity index (χ4n) is 6.00. The number of hydrogen-bond acceptors (Lipinski definition) is 5. The molecule has 1 aromatic rings. The second-order valence-corrected chi connectivity index (χ2v) is 10.7. The van der Waals surface area contributed by atoms with Crippen LogP contribution in [-0.4, -0.2) is 73.6 Å². The van der Waals surface area contributed by atoms with Crippen LogP contribution in [0.25, 0.3) is 0 Å². The molecule has 192 valence electrons. The molecule has 8 nitrogen and oxygen atoms in total. The monoisotopic (exact) mass is 488 g/mol. The van der Waals surface area contributed by atoms with Crippen LogP contribution < -0.4 is 15.5 Å². The van der Waals surface area contributed by atoms with Crippen molar-refractivity contribution >= 4 is 17.6 Å². The zero-order valence-corrected chi connectivity index (χ0v) is 20.3. The normalized spacial score (nSPS) is 23.0. The second kappa shape index (κ2) is 10.3. The van der Waals surface area contributed by atoms with Gasteiger partial charge < -0.3 is 30.3 Å². The Kier molecular flexibility index (Phi) is 7.16. The van der Waals surface area contributed by atoms with E-state index in [9.17, 15) is 19.1 Å². The second-order valence-electron chi connectivity index (χ2n) is 10.7. The zero-order chi connectivity index (χ0) is 24.4. The maximum atomic E-state index is 13.8. The first-order valence-corrected chi connectivity index (χ1v) is 13.1. The lowest BCUT2D eigenvalue weighted by molar-refractivity contribution is -0.126. The maximum absolute atomic E-state index is 13.8. The molecule has 2 atom stereocenters. The van der Waals surface area contributed by atoms with Crippen LogP contribution in [0.5, 0.6) is 0 Å². The number of rotatable bonds is 7. The number of β-amino-alcohol motifs (C(OH)–C–C–N with tert-alkyl or cyclic N) is 1. The minimum atomic E-state index is -1.09. The molecule has 2 heterocycles. The summed E-state index contributed by atoms with van der Waals surface area (Å²) in [7, 11) is 0. The van der Waals surface area contributed by atoms with E-state index in [4.69, 9.17) is 4.74 Å². The van der Waals surface area contributed by atoms with Crippen LogP contribution in [0.3, 0.4) is 0 Å². The molecular weight excluding hydrogens is 451 g/mol. The van der Waals surface area contributed by atoms with Gasteiger partial charge in [-0.05, 0) is 48.9 Å². The number of hydrogen-bond donors (Lipinski definition) is 3. The van der Waals surface area contributed by atoms with Crippen molar-refractivity contribution in [3.05, 3.63) is 29.6 Å². The van der Waals surface area contributed by atoms with Crippen molar-refractivity contribution in [2.45, 2.75) is 69.1 Å². The van der Waals surface area contributed by atoms with Gasteiger partial charge in [0.1, 0.15) is 18.1 Å². The minimum absolute atomic E-state index is 0.0171. The van der Waals surface area contributed by atoms with Crippen LogP contribution in [0.15, 0.2) is 18.2 Å². The molecule has 0 aromatic heterocycles. The minimum Gasteiger partial charge on any atom is -0.378 e. The molecule has 3 fully saturated rings. The highest BCUT2D eigenvalue weighted by atomic mass is 19.1. The fraction of sp³-hybridized carbons (Fsp3) is 0.692. The van der Waals surface area contributed by atoms with E-state index in [0.29, 0.717) is 38.6 Å². The van der Waals surface area contributed by atoms with Crippen molar-refractivity contribution in [3.63, 3.8) is 0 Å². The number of urea groups is 1. The zero-order valence-electron chi connectivity index (χ0n) is 20.3. The van der Waals surface area contributed by atoms with Gasteiger partial charge >= 0.3 is 6.03 Å². The Morgan fingerprint density at radius 1 is 1.14 bits per heavy atom. The summed E-state index contributed by atoms with van der Waals surface area (Å²) in [5.41, 5.74) is 1.91. The van der Waals surface area contributed by atoms with E-state index in [0.717, 1.165) is 56.3 Å². The van der Waals surface area contributed by atoms with Gasteiger partial charge in [-0.25, -0.2) is 9.18 Å². The number of carbonyl (C=O) groups is 2. The van der Waals surface area contributed by atoms with Crippen LogP contribution in [0.1, 0.15) is 56.9 Å². The first-order valence-electron chi connectivity index (χ1n) is 13.1. The SMILES string of the molecule is O=C(NC(O)CN1CC2(CC2)c2cc(F)ccc21)C(CC1CCCCC1)NC(=O)N1CCOCC1. The lowest BCUT2D eigenvalue weighted by Crippen LogP contribution is -2.56. The Hall–Kier alpha value is -2.39. The molecule has 2 saturated carbocycles. The molecule has 1 aromatic carbocycles. The summed E-state index contributed by atoms with van der Waals surface area (Å²) in [6.45, 7) is 2.94. The number of amides is 3. The van der Waals surface area contributed by atoms with E-state index in [2.05, 4.69) is 10.6 Å². The van der Waals surface area contributed by atoms with E-state index < -0.39 is 12.3 Å². The molecule has 2 unspecified atom stereocenters. The third-order valence-electron chi connectivity index (χ3n) is 8.13. The Balaban J connectivity index is 1.21. The highest BCUT2D eigenvalue weighted by Gasteiger charge is 2.52. The Morgan fingerprint density at radius 3 is 2.60 bits per heavy atom. The summed E-state index contributed by atoms with van der Waals surface area (Å²) in [5, 5.41) is 16.5. The molecule has 3 amide bonds. The summed E-state index contributed by atoms with van der Waals surface area (Å²) in [4.78, 5) is 29.8. The highest BCUT2D eigenvalue weighted by molar-refractivity contribution is 5.87. The number of halogens is 1. The van der Waals surface area contributed by atoms with Crippen molar-refractivity contribution in [2.24, 2.45) is 5.92 Å². The molecule has 1 saturated heterocycles. The third-order valence-corrected chi connectivity index (χ3v) is 8.13. The predicted molar refractivity (Wildman–Crippen MR) is 130 cm³/mol. The number of nitrogens with zero attached hydrogens (tertiary/aromatic N) is 2. The van der Waals surface area contributed by atoms with E-state index in [1.54, 1.807) is 17.0 Å². The van der Waals surface area contributed by atoms with Gasteiger partial charge in [-0.15, -0.1) is 0 Å². The molecule has 35 heavy (non-hydrogen) atoms. The summed E-state index contributed by atoms with van der Waals surface area (Å²) in [5.74, 6) is -0.214. The molecule has 2 aliphatic heterocycles. The Labute approximate surface area is 206 Å². The molecule has 0 radical (unpaired) electrons. The van der Waals surface area contributed by atoms with Gasteiger partial charge in [0.05, 0.1) is 19.8 Å². The van der Waals surface area contributed by atoms with Crippen LogP contribution in [0.2, 0.25) is 0 Å². The maximum Gasteiger partial charge on any atom is 0.318 e. The lowest BCUT2D eigenvalue weighted by atomic mass is 9.84. The highest BCUT2D eigenvalue weighted by Crippen LogP contribution is 2.56. The predicted octanol–water partition coefficient (Wildman–Crippen LogP) is 2.49. The van der Waals surface area contributed by atoms with Gasteiger partial charge in [-0.3, -0.25) is 4.79 Å².